The zero-order chi connectivity index (χ0) is 11.4. The van der Waals surface area contributed by atoms with Gasteiger partial charge in [0.05, 0.1) is 12.5 Å². The van der Waals surface area contributed by atoms with E-state index in [9.17, 15) is 5.11 Å². The van der Waals surface area contributed by atoms with E-state index in [4.69, 9.17) is 5.26 Å². The number of rotatable bonds is 3. The van der Waals surface area contributed by atoms with Crippen LogP contribution in [0.25, 0.3) is 10.8 Å². The summed E-state index contributed by atoms with van der Waals surface area (Å²) in [4.78, 5) is 0. The van der Waals surface area contributed by atoms with Gasteiger partial charge in [-0.2, -0.15) is 5.26 Å². The number of nitrogens with one attached hydrogen (secondary N) is 1. The average molecular weight is 212 g/mol. The Hall–Kier alpha value is -2.21. The molecule has 0 heterocycles. The fourth-order valence-electron chi connectivity index (χ4n) is 1.67. The number of hydrogen-bond acceptors (Lipinski definition) is 3. The zero-order valence-corrected chi connectivity index (χ0v) is 8.77. The molecule has 0 atom stereocenters. The molecule has 0 saturated heterocycles. The molecule has 0 fully saturated rings. The Morgan fingerprint density at radius 1 is 1.25 bits per heavy atom. The van der Waals surface area contributed by atoms with Crippen LogP contribution < -0.4 is 5.32 Å². The Kier molecular flexibility index (Phi) is 2.93. The monoisotopic (exact) mass is 212 g/mol. The van der Waals surface area contributed by atoms with Crippen LogP contribution in [0.3, 0.4) is 0 Å². The number of phenolic OH excluding ortho intramolecular Hbond substituents is 1. The number of nitrogens with zero attached hydrogens (tertiary/aromatic N) is 1. The van der Waals surface area contributed by atoms with Crippen LogP contribution >= 0.6 is 0 Å². The Morgan fingerprint density at radius 2 is 2.12 bits per heavy atom. The summed E-state index contributed by atoms with van der Waals surface area (Å²) < 4.78 is 0. The maximum atomic E-state index is 9.45. The second-order valence-corrected chi connectivity index (χ2v) is 3.55. The minimum Gasteiger partial charge on any atom is -0.508 e. The third kappa shape index (κ3) is 2.06. The van der Waals surface area contributed by atoms with Gasteiger partial charge in [0.2, 0.25) is 0 Å². The number of fused-ring (bicyclic) bond motifs is 1. The average Bonchev–Trinajstić information content (AvgIpc) is 2.30. The molecule has 2 aromatic rings. The molecule has 3 heteroatoms. The van der Waals surface area contributed by atoms with Crippen LogP contribution in [0.5, 0.6) is 5.75 Å². The molecule has 0 radical (unpaired) electrons. The van der Waals surface area contributed by atoms with E-state index in [-0.39, 0.29) is 5.75 Å². The minimum atomic E-state index is 0.252. The lowest BCUT2D eigenvalue weighted by Crippen LogP contribution is -2.00. The maximum Gasteiger partial charge on any atom is 0.116 e. The van der Waals surface area contributed by atoms with E-state index in [0.29, 0.717) is 13.0 Å². The Bertz CT molecular complexity index is 543. The van der Waals surface area contributed by atoms with Gasteiger partial charge in [0.1, 0.15) is 5.75 Å². The molecule has 3 nitrogen and oxygen atoms in total. The molecule has 2 aromatic carbocycles. The highest BCUT2D eigenvalue weighted by Gasteiger charge is 2.00. The number of aromatic hydroxyl groups is 1. The van der Waals surface area contributed by atoms with Crippen LogP contribution in [0, 0.1) is 11.3 Å². The van der Waals surface area contributed by atoms with Crippen molar-refractivity contribution in [2.45, 2.75) is 6.42 Å². The smallest absolute Gasteiger partial charge is 0.116 e. The van der Waals surface area contributed by atoms with Crippen molar-refractivity contribution >= 4 is 16.5 Å². The fourth-order valence-corrected chi connectivity index (χ4v) is 1.67. The van der Waals surface area contributed by atoms with Crippen molar-refractivity contribution in [1.29, 1.82) is 5.26 Å². The van der Waals surface area contributed by atoms with Crippen LogP contribution in [0.15, 0.2) is 36.4 Å². The number of nitriles is 1. The summed E-state index contributed by atoms with van der Waals surface area (Å²) >= 11 is 0. The van der Waals surface area contributed by atoms with Crippen molar-refractivity contribution in [1.82, 2.24) is 0 Å². The molecule has 0 aliphatic rings. The molecule has 0 amide bonds. The molecule has 0 unspecified atom stereocenters. The van der Waals surface area contributed by atoms with Gasteiger partial charge in [-0.1, -0.05) is 18.2 Å². The van der Waals surface area contributed by atoms with Crippen LogP contribution in [0.4, 0.5) is 5.69 Å². The highest BCUT2D eigenvalue weighted by molar-refractivity contribution is 5.94. The van der Waals surface area contributed by atoms with E-state index in [2.05, 4.69) is 11.4 Å². The minimum absolute atomic E-state index is 0.252. The van der Waals surface area contributed by atoms with Crippen LogP contribution in [-0.4, -0.2) is 11.7 Å². The van der Waals surface area contributed by atoms with Crippen molar-refractivity contribution in [2.24, 2.45) is 0 Å². The Balaban J connectivity index is 2.37. The summed E-state index contributed by atoms with van der Waals surface area (Å²) in [5.41, 5.74) is 0.948. The first kappa shape index (κ1) is 10.3. The molecular formula is C13H12N2O. The largest absolute Gasteiger partial charge is 0.508 e. The quantitative estimate of drug-likeness (QED) is 0.769. The number of phenols is 1. The second kappa shape index (κ2) is 4.54. The fraction of sp³-hybridized carbons (Fsp3) is 0.154. The molecule has 0 spiro atoms. The molecular weight excluding hydrogens is 200 g/mol. The Labute approximate surface area is 93.9 Å². The summed E-state index contributed by atoms with van der Waals surface area (Å²) in [6, 6.07) is 13.2. The first-order chi connectivity index (χ1) is 7.81. The summed E-state index contributed by atoms with van der Waals surface area (Å²) in [5, 5.41) is 23.1. The SMILES string of the molecule is N#CCCNc1cccc2ccc(O)cc12. The van der Waals surface area contributed by atoms with E-state index in [1.54, 1.807) is 12.1 Å². The van der Waals surface area contributed by atoms with E-state index in [0.717, 1.165) is 16.5 Å². The van der Waals surface area contributed by atoms with Gasteiger partial charge in [-0.15, -0.1) is 0 Å². The molecule has 0 aliphatic carbocycles. The lowest BCUT2D eigenvalue weighted by atomic mass is 10.1. The van der Waals surface area contributed by atoms with Gasteiger partial charge < -0.3 is 10.4 Å². The molecule has 80 valence electrons. The first-order valence-corrected chi connectivity index (χ1v) is 5.14. The topological polar surface area (TPSA) is 56.0 Å². The summed E-state index contributed by atoms with van der Waals surface area (Å²) in [5.74, 6) is 0.252. The van der Waals surface area contributed by atoms with Gasteiger partial charge in [0.15, 0.2) is 0 Å². The zero-order valence-electron chi connectivity index (χ0n) is 8.77. The number of benzene rings is 2. The van der Waals surface area contributed by atoms with Gasteiger partial charge in [-0.05, 0) is 23.6 Å². The number of anilines is 1. The molecule has 2 rings (SSSR count). The highest BCUT2D eigenvalue weighted by atomic mass is 16.3. The van der Waals surface area contributed by atoms with E-state index in [1.165, 1.54) is 0 Å². The predicted molar refractivity (Wildman–Crippen MR) is 64.3 cm³/mol. The van der Waals surface area contributed by atoms with Crippen molar-refractivity contribution in [3.63, 3.8) is 0 Å². The summed E-state index contributed by atoms with van der Waals surface area (Å²) in [6.07, 6.45) is 0.467. The molecule has 0 aromatic heterocycles. The van der Waals surface area contributed by atoms with Gasteiger partial charge >= 0.3 is 0 Å². The maximum absolute atomic E-state index is 9.45. The molecule has 0 saturated carbocycles. The van der Waals surface area contributed by atoms with Gasteiger partial charge in [0, 0.05) is 17.6 Å². The lowest BCUT2D eigenvalue weighted by molar-refractivity contribution is 0.476. The van der Waals surface area contributed by atoms with E-state index in [1.807, 2.05) is 24.3 Å². The first-order valence-electron chi connectivity index (χ1n) is 5.14. The molecule has 16 heavy (non-hydrogen) atoms. The molecule has 0 bridgehead atoms. The van der Waals surface area contributed by atoms with E-state index < -0.39 is 0 Å². The second-order valence-electron chi connectivity index (χ2n) is 3.55. The lowest BCUT2D eigenvalue weighted by Gasteiger charge is -2.08. The van der Waals surface area contributed by atoms with Crippen LogP contribution in [-0.2, 0) is 0 Å². The third-order valence-electron chi connectivity index (χ3n) is 2.42. The highest BCUT2D eigenvalue weighted by Crippen LogP contribution is 2.26. The number of hydrogen-bond donors (Lipinski definition) is 2. The van der Waals surface area contributed by atoms with Crippen molar-refractivity contribution in [2.75, 3.05) is 11.9 Å². The van der Waals surface area contributed by atoms with Crippen molar-refractivity contribution in [3.8, 4) is 11.8 Å². The normalized spacial score (nSPS) is 9.94. The third-order valence-corrected chi connectivity index (χ3v) is 2.42. The van der Waals surface area contributed by atoms with Crippen molar-refractivity contribution < 1.29 is 5.11 Å². The van der Waals surface area contributed by atoms with Crippen LogP contribution in [0.2, 0.25) is 0 Å². The van der Waals surface area contributed by atoms with Crippen molar-refractivity contribution in [3.05, 3.63) is 36.4 Å². The van der Waals surface area contributed by atoms with Crippen LogP contribution in [0.1, 0.15) is 6.42 Å². The van der Waals surface area contributed by atoms with Gasteiger partial charge in [-0.3, -0.25) is 0 Å². The standard InChI is InChI=1S/C13H12N2O/c14-7-2-8-15-13-4-1-3-10-5-6-11(16)9-12(10)13/h1,3-6,9,15-16H,2,8H2. The van der Waals surface area contributed by atoms with Gasteiger partial charge in [-0.25, -0.2) is 0 Å². The van der Waals surface area contributed by atoms with E-state index >= 15 is 0 Å². The summed E-state index contributed by atoms with van der Waals surface area (Å²) in [7, 11) is 0. The molecule has 2 N–H and O–H groups in total. The van der Waals surface area contributed by atoms with Gasteiger partial charge in [0.25, 0.3) is 0 Å². The predicted octanol–water partition coefficient (Wildman–Crippen LogP) is 2.87. The summed E-state index contributed by atoms with van der Waals surface area (Å²) in [6.45, 7) is 0.616. The molecule has 0 aliphatic heterocycles. The Morgan fingerprint density at radius 3 is 2.94 bits per heavy atom.